The smallest absolute Gasteiger partial charge is 0.408 e. The molecule has 2 amide bonds. The number of carbonyl (C=O) groups is 4. The SMILES string of the molecule is CC[C@H]1O[C@@](C)(C(F)(F)CCCCCC[C@H](NC(=O)OCc2ccccc2)C(=O)N[C@@H](C)C(=O)C[C@@H](C)C(=O)OCc2ccccc2)[C@H](OCc2ccccc2)[C@@H](OCc2ccccc2)[C@H]1C. The van der Waals surface area contributed by atoms with Gasteiger partial charge in [-0.25, -0.2) is 13.6 Å². The summed E-state index contributed by atoms with van der Waals surface area (Å²) in [5.41, 5.74) is 1.32. The summed E-state index contributed by atoms with van der Waals surface area (Å²) in [5.74, 6) is -5.84. The number of ketones is 1. The zero-order valence-electron chi connectivity index (χ0n) is 39.5. The molecule has 11 nitrogen and oxygen atoms in total. The lowest BCUT2D eigenvalue weighted by molar-refractivity contribution is -0.332. The molecule has 1 aliphatic rings. The van der Waals surface area contributed by atoms with Gasteiger partial charge in [-0.1, -0.05) is 161 Å². The maximum atomic E-state index is 16.9. The summed E-state index contributed by atoms with van der Waals surface area (Å²) < 4.78 is 64.0. The average molecular weight is 927 g/mol. The molecule has 1 saturated heterocycles. The lowest BCUT2D eigenvalue weighted by Gasteiger charge is -2.53. The summed E-state index contributed by atoms with van der Waals surface area (Å²) in [6.45, 7) is 8.84. The summed E-state index contributed by atoms with van der Waals surface area (Å²) in [4.78, 5) is 52.5. The van der Waals surface area contributed by atoms with Gasteiger partial charge in [0.2, 0.25) is 5.91 Å². The third-order valence-corrected chi connectivity index (χ3v) is 12.6. The number of ether oxygens (including phenoxy) is 5. The number of benzene rings is 4. The summed E-state index contributed by atoms with van der Waals surface area (Å²) in [7, 11) is 0. The van der Waals surface area contributed by atoms with Gasteiger partial charge in [-0.3, -0.25) is 14.4 Å². The van der Waals surface area contributed by atoms with Gasteiger partial charge in [0.25, 0.3) is 5.92 Å². The summed E-state index contributed by atoms with van der Waals surface area (Å²) >= 11 is 0. The van der Waals surface area contributed by atoms with Gasteiger partial charge in [0.1, 0.15) is 25.4 Å². The molecule has 1 aliphatic heterocycles. The number of rotatable bonds is 26. The highest BCUT2D eigenvalue weighted by atomic mass is 19.3. The number of nitrogens with one attached hydrogen (secondary N) is 2. The van der Waals surface area contributed by atoms with Crippen LogP contribution in [0, 0.1) is 11.8 Å². The van der Waals surface area contributed by atoms with Crippen LogP contribution in [-0.2, 0) is 64.5 Å². The van der Waals surface area contributed by atoms with Gasteiger partial charge in [0.15, 0.2) is 11.4 Å². The summed E-state index contributed by atoms with van der Waals surface area (Å²) in [6, 6.07) is 35.2. The number of alkyl carbamates (subject to hydrolysis) is 1. The van der Waals surface area contributed by atoms with Crippen molar-refractivity contribution in [1.82, 2.24) is 10.6 Å². The first-order valence-corrected chi connectivity index (χ1v) is 23.6. The molecule has 1 fully saturated rings. The van der Waals surface area contributed by atoms with E-state index in [1.54, 1.807) is 19.1 Å². The first kappa shape index (κ1) is 52.5. The summed E-state index contributed by atoms with van der Waals surface area (Å²) in [5, 5.41) is 5.32. The zero-order chi connectivity index (χ0) is 48.2. The van der Waals surface area contributed by atoms with Gasteiger partial charge in [0, 0.05) is 18.8 Å². The number of halogens is 2. The first-order valence-electron chi connectivity index (χ1n) is 23.6. The van der Waals surface area contributed by atoms with Crippen LogP contribution in [0.1, 0.15) is 108 Å². The van der Waals surface area contributed by atoms with Crippen LogP contribution in [-0.4, -0.2) is 65.7 Å². The third-order valence-electron chi connectivity index (χ3n) is 12.6. The van der Waals surface area contributed by atoms with Crippen LogP contribution in [0.25, 0.3) is 0 Å². The topological polar surface area (TPSA) is 138 Å². The van der Waals surface area contributed by atoms with E-state index in [2.05, 4.69) is 10.6 Å². The predicted molar refractivity (Wildman–Crippen MR) is 252 cm³/mol. The van der Waals surface area contributed by atoms with E-state index in [4.69, 9.17) is 23.7 Å². The minimum absolute atomic E-state index is 0.0268. The minimum atomic E-state index is -3.32. The second-order valence-corrected chi connectivity index (χ2v) is 17.8. The minimum Gasteiger partial charge on any atom is -0.461 e. The molecule has 0 unspecified atom stereocenters. The second-order valence-electron chi connectivity index (χ2n) is 17.8. The average Bonchev–Trinajstić information content (AvgIpc) is 3.34. The number of carbonyl (C=O) groups excluding carboxylic acids is 4. The number of amides is 2. The molecule has 0 radical (unpaired) electrons. The van der Waals surface area contributed by atoms with Crippen LogP contribution < -0.4 is 10.6 Å². The Morgan fingerprint density at radius 3 is 1.72 bits per heavy atom. The van der Waals surface area contributed by atoms with Crippen LogP contribution >= 0.6 is 0 Å². The molecule has 0 spiro atoms. The van der Waals surface area contributed by atoms with E-state index in [1.807, 2.05) is 123 Å². The Morgan fingerprint density at radius 2 is 1.18 bits per heavy atom. The Morgan fingerprint density at radius 1 is 0.687 bits per heavy atom. The molecule has 1 heterocycles. The molecule has 0 aliphatic carbocycles. The number of alkyl halides is 2. The fourth-order valence-electron chi connectivity index (χ4n) is 8.36. The molecule has 2 N–H and O–H groups in total. The van der Waals surface area contributed by atoms with Gasteiger partial charge in [-0.15, -0.1) is 0 Å². The largest absolute Gasteiger partial charge is 0.461 e. The lowest BCUT2D eigenvalue weighted by Crippen LogP contribution is -2.68. The van der Waals surface area contributed by atoms with Crippen LogP contribution in [0.4, 0.5) is 13.6 Å². The van der Waals surface area contributed by atoms with Crippen molar-refractivity contribution >= 4 is 23.8 Å². The zero-order valence-corrected chi connectivity index (χ0v) is 39.5. The maximum Gasteiger partial charge on any atom is 0.408 e. The standard InChI is InChI=1S/C54H68F2N2O9/c1-6-47-39(3)48(63-34-41-23-13-9-14-24-41)49(64-35-42-25-15-10-16-26-42)53(5,67-47)54(55,56)32-22-8-7-21-31-45(58-52(62)66-37-44-29-19-12-20-30-44)50(60)57-40(4)46(59)33-38(2)51(61)65-36-43-27-17-11-18-28-43/h9-20,23-30,38-40,45,47-49H,6-8,21-22,31-37H2,1-5H3,(H,57,60)(H,58,62)/t38-,39+,40+,45+,47-,48+,49-,53-/m1/s1. The normalized spacial score (nSPS) is 20.8. The van der Waals surface area contributed by atoms with Gasteiger partial charge in [-0.2, -0.15) is 0 Å². The predicted octanol–water partition coefficient (Wildman–Crippen LogP) is 10.5. The van der Waals surface area contributed by atoms with Crippen LogP contribution in [0.5, 0.6) is 0 Å². The Hall–Kier alpha value is -5.50. The number of Topliss-reactive ketones (excluding diaryl/α,β-unsaturated/α-hetero) is 1. The summed E-state index contributed by atoms with van der Waals surface area (Å²) in [6.07, 6.45) is -1.64. The molecule has 4 aromatic rings. The monoisotopic (exact) mass is 926 g/mol. The second kappa shape index (κ2) is 26.2. The molecule has 362 valence electrons. The molecule has 0 saturated carbocycles. The number of unbranched alkanes of at least 4 members (excludes halogenated alkanes) is 3. The van der Waals surface area contributed by atoms with E-state index >= 15 is 8.78 Å². The van der Waals surface area contributed by atoms with Gasteiger partial charge in [0.05, 0.1) is 37.4 Å². The van der Waals surface area contributed by atoms with E-state index in [0.717, 1.165) is 22.3 Å². The van der Waals surface area contributed by atoms with Crippen molar-refractivity contribution < 1.29 is 51.6 Å². The molecular formula is C54H68F2N2O9. The molecule has 67 heavy (non-hydrogen) atoms. The van der Waals surface area contributed by atoms with Crippen LogP contribution in [0.2, 0.25) is 0 Å². The van der Waals surface area contributed by atoms with Crippen LogP contribution in [0.15, 0.2) is 121 Å². The molecule has 13 heteroatoms. The van der Waals surface area contributed by atoms with Crippen molar-refractivity contribution in [3.63, 3.8) is 0 Å². The molecule has 5 rings (SSSR count). The van der Waals surface area contributed by atoms with Crippen molar-refractivity contribution in [3.8, 4) is 0 Å². The maximum absolute atomic E-state index is 16.9. The quantitative estimate of drug-likeness (QED) is 0.0465. The van der Waals surface area contributed by atoms with E-state index in [-0.39, 0.29) is 57.4 Å². The highest BCUT2D eigenvalue weighted by Gasteiger charge is 2.63. The van der Waals surface area contributed by atoms with Crippen molar-refractivity contribution in [3.05, 3.63) is 144 Å². The van der Waals surface area contributed by atoms with Crippen LogP contribution in [0.3, 0.4) is 0 Å². The number of hydrogen-bond acceptors (Lipinski definition) is 9. The number of hydrogen-bond donors (Lipinski definition) is 2. The van der Waals surface area contributed by atoms with Crippen molar-refractivity contribution in [2.45, 2.75) is 154 Å². The Labute approximate surface area is 394 Å². The highest BCUT2D eigenvalue weighted by molar-refractivity contribution is 5.93. The van der Waals surface area contributed by atoms with Crippen molar-refractivity contribution in [1.29, 1.82) is 0 Å². The molecule has 8 atom stereocenters. The molecule has 0 bridgehead atoms. The van der Waals surface area contributed by atoms with E-state index in [9.17, 15) is 19.2 Å². The Bertz CT molecular complexity index is 2110. The van der Waals surface area contributed by atoms with Crippen molar-refractivity contribution in [2.24, 2.45) is 11.8 Å². The van der Waals surface area contributed by atoms with Gasteiger partial charge in [-0.05, 0) is 55.4 Å². The molecular weight excluding hydrogens is 859 g/mol. The third kappa shape index (κ3) is 15.8. The van der Waals surface area contributed by atoms with Gasteiger partial charge >= 0.3 is 12.1 Å². The van der Waals surface area contributed by atoms with E-state index in [0.29, 0.717) is 25.7 Å². The first-order chi connectivity index (χ1) is 32.2. The fourth-order valence-corrected chi connectivity index (χ4v) is 8.36. The van der Waals surface area contributed by atoms with Gasteiger partial charge < -0.3 is 34.3 Å². The fraction of sp³-hybridized carbons (Fsp3) is 0.481. The molecule has 0 aromatic heterocycles. The van der Waals surface area contributed by atoms with E-state index in [1.165, 1.54) is 13.8 Å². The number of esters is 1. The van der Waals surface area contributed by atoms with E-state index < -0.39 is 72.2 Å². The Kier molecular flexibility index (Phi) is 20.5. The molecule has 4 aromatic carbocycles. The highest BCUT2D eigenvalue weighted by Crippen LogP contribution is 2.48. The lowest BCUT2D eigenvalue weighted by atomic mass is 9.76. The van der Waals surface area contributed by atoms with Crippen molar-refractivity contribution in [2.75, 3.05) is 0 Å². The Balaban J connectivity index is 1.19.